The Kier molecular flexibility index (Phi) is 7.52. The minimum absolute atomic E-state index is 0.157. The highest BCUT2D eigenvalue weighted by Crippen LogP contribution is 2.20. The Morgan fingerprint density at radius 3 is 2.54 bits per heavy atom. The first kappa shape index (κ1) is 21.4. The largest absolute Gasteiger partial charge is 0.493 e. The zero-order chi connectivity index (χ0) is 20.7. The van der Waals surface area contributed by atoms with Crippen molar-refractivity contribution < 1.29 is 14.3 Å². The van der Waals surface area contributed by atoms with Crippen LogP contribution in [0.15, 0.2) is 42.5 Å². The molecule has 3 N–H and O–H groups in total. The van der Waals surface area contributed by atoms with Gasteiger partial charge in [-0.15, -0.1) is 0 Å². The van der Waals surface area contributed by atoms with E-state index in [2.05, 4.69) is 29.8 Å². The van der Waals surface area contributed by atoms with Gasteiger partial charge in [0.15, 0.2) is 5.11 Å². The van der Waals surface area contributed by atoms with E-state index in [0.29, 0.717) is 35.2 Å². The van der Waals surface area contributed by atoms with Gasteiger partial charge in [0, 0.05) is 23.9 Å². The van der Waals surface area contributed by atoms with Gasteiger partial charge in [0.25, 0.3) is 5.91 Å². The third kappa shape index (κ3) is 6.66. The molecule has 0 saturated carbocycles. The molecule has 0 bridgehead atoms. The molecule has 2 rings (SSSR count). The molecular weight excluding hydrogens is 374 g/mol. The van der Waals surface area contributed by atoms with Crippen LogP contribution in [0.5, 0.6) is 5.75 Å². The summed E-state index contributed by atoms with van der Waals surface area (Å²) in [6, 6.07) is 12.4. The highest BCUT2D eigenvalue weighted by atomic mass is 32.1. The Labute approximate surface area is 170 Å². The van der Waals surface area contributed by atoms with Crippen molar-refractivity contribution in [3.63, 3.8) is 0 Å². The molecular formula is C21H25N3O3S. The Hall–Kier alpha value is -2.93. The summed E-state index contributed by atoms with van der Waals surface area (Å²) in [4.78, 5) is 23.7. The molecule has 2 aromatic rings. The maximum absolute atomic E-state index is 12.5. The number of hydrogen-bond acceptors (Lipinski definition) is 4. The van der Waals surface area contributed by atoms with Crippen LogP contribution in [0.3, 0.4) is 0 Å². The van der Waals surface area contributed by atoms with Crippen molar-refractivity contribution in [3.05, 3.63) is 53.6 Å². The fourth-order valence-corrected chi connectivity index (χ4v) is 2.56. The molecule has 0 aliphatic heterocycles. The molecule has 7 heteroatoms. The number of amides is 2. The first-order valence-electron chi connectivity index (χ1n) is 8.98. The van der Waals surface area contributed by atoms with Gasteiger partial charge in [0.1, 0.15) is 5.75 Å². The highest BCUT2D eigenvalue weighted by molar-refractivity contribution is 7.80. The molecule has 0 spiro atoms. The second kappa shape index (κ2) is 9.85. The smallest absolute Gasteiger partial charge is 0.257 e. The number of anilines is 2. The number of thiocarbonyl (C=S) groups is 1. The van der Waals surface area contributed by atoms with Crippen LogP contribution in [-0.2, 0) is 4.79 Å². The molecule has 0 atom stereocenters. The summed E-state index contributed by atoms with van der Waals surface area (Å²) in [6.07, 6.45) is 0. The van der Waals surface area contributed by atoms with E-state index < -0.39 is 0 Å². The Morgan fingerprint density at radius 1 is 1.11 bits per heavy atom. The molecule has 0 aromatic heterocycles. The molecule has 0 heterocycles. The van der Waals surface area contributed by atoms with E-state index in [1.54, 1.807) is 24.3 Å². The van der Waals surface area contributed by atoms with Gasteiger partial charge in [-0.05, 0) is 61.0 Å². The van der Waals surface area contributed by atoms with Gasteiger partial charge < -0.3 is 15.4 Å². The molecule has 2 aromatic carbocycles. The zero-order valence-electron chi connectivity index (χ0n) is 16.5. The summed E-state index contributed by atoms with van der Waals surface area (Å²) in [5.74, 6) is 0.544. The molecule has 28 heavy (non-hydrogen) atoms. The average Bonchev–Trinajstić information content (AvgIpc) is 2.62. The van der Waals surface area contributed by atoms with Crippen LogP contribution in [0.1, 0.15) is 36.7 Å². The number of benzene rings is 2. The minimum atomic E-state index is -0.332. The van der Waals surface area contributed by atoms with E-state index in [0.717, 1.165) is 5.56 Å². The maximum atomic E-state index is 12.5. The third-order valence-corrected chi connectivity index (χ3v) is 3.92. The second-order valence-electron chi connectivity index (χ2n) is 6.85. The summed E-state index contributed by atoms with van der Waals surface area (Å²) >= 11 is 5.23. The number of hydrogen-bond donors (Lipinski definition) is 3. The number of ether oxygens (including phenoxy) is 1. The highest BCUT2D eigenvalue weighted by Gasteiger charge is 2.10. The van der Waals surface area contributed by atoms with Crippen LogP contribution in [0.4, 0.5) is 11.4 Å². The van der Waals surface area contributed by atoms with Gasteiger partial charge in [-0.25, -0.2) is 0 Å². The number of aryl methyl sites for hydroxylation is 1. The fraction of sp³-hybridized carbons (Fsp3) is 0.286. The summed E-state index contributed by atoms with van der Waals surface area (Å²) in [6.45, 7) is 8.04. The van der Waals surface area contributed by atoms with Crippen LogP contribution in [-0.4, -0.2) is 23.5 Å². The Morgan fingerprint density at radius 2 is 1.86 bits per heavy atom. The minimum Gasteiger partial charge on any atom is -0.493 e. The van der Waals surface area contributed by atoms with E-state index >= 15 is 0 Å². The van der Waals surface area contributed by atoms with E-state index in [1.807, 2.05) is 25.1 Å². The molecule has 0 aliphatic carbocycles. The molecule has 0 aliphatic rings. The number of rotatable bonds is 6. The molecule has 0 unspecified atom stereocenters. The summed E-state index contributed by atoms with van der Waals surface area (Å²) in [5.41, 5.74) is 2.72. The molecule has 0 saturated heterocycles. The van der Waals surface area contributed by atoms with Crippen molar-refractivity contribution in [1.82, 2.24) is 5.32 Å². The molecule has 0 fully saturated rings. The zero-order valence-corrected chi connectivity index (χ0v) is 17.3. The van der Waals surface area contributed by atoms with E-state index in [1.165, 1.54) is 6.92 Å². The monoisotopic (exact) mass is 399 g/mol. The van der Waals surface area contributed by atoms with Crippen LogP contribution >= 0.6 is 12.2 Å². The van der Waals surface area contributed by atoms with Gasteiger partial charge in [0.2, 0.25) is 5.91 Å². The lowest BCUT2D eigenvalue weighted by atomic mass is 10.2. The lowest BCUT2D eigenvalue weighted by molar-refractivity contribution is -0.114. The SMILES string of the molecule is CC(=O)Nc1cc(NC(=S)NC(=O)c2cccc(OCC(C)C)c2)ccc1C. The van der Waals surface area contributed by atoms with Gasteiger partial charge in [-0.2, -0.15) is 0 Å². The number of carbonyl (C=O) groups excluding carboxylic acids is 2. The number of carbonyl (C=O) groups is 2. The van der Waals surface area contributed by atoms with Gasteiger partial charge >= 0.3 is 0 Å². The van der Waals surface area contributed by atoms with Gasteiger partial charge in [-0.3, -0.25) is 14.9 Å². The summed E-state index contributed by atoms with van der Waals surface area (Å²) in [5, 5.41) is 8.52. The normalized spacial score (nSPS) is 10.3. The van der Waals surface area contributed by atoms with Gasteiger partial charge in [-0.1, -0.05) is 26.0 Å². The van der Waals surface area contributed by atoms with Crippen molar-refractivity contribution in [1.29, 1.82) is 0 Å². The van der Waals surface area contributed by atoms with E-state index in [9.17, 15) is 9.59 Å². The molecule has 6 nitrogen and oxygen atoms in total. The van der Waals surface area contributed by atoms with Crippen molar-refractivity contribution >= 4 is 40.5 Å². The van der Waals surface area contributed by atoms with Crippen LogP contribution < -0.4 is 20.7 Å². The molecule has 0 radical (unpaired) electrons. The van der Waals surface area contributed by atoms with Crippen LogP contribution in [0.2, 0.25) is 0 Å². The summed E-state index contributed by atoms with van der Waals surface area (Å²) < 4.78 is 5.65. The van der Waals surface area contributed by atoms with Crippen molar-refractivity contribution in [3.8, 4) is 5.75 Å². The fourth-order valence-electron chi connectivity index (χ4n) is 2.35. The van der Waals surface area contributed by atoms with E-state index in [4.69, 9.17) is 17.0 Å². The lowest BCUT2D eigenvalue weighted by Gasteiger charge is -2.13. The van der Waals surface area contributed by atoms with Crippen molar-refractivity contribution in [2.45, 2.75) is 27.7 Å². The first-order chi connectivity index (χ1) is 13.2. The maximum Gasteiger partial charge on any atom is 0.257 e. The van der Waals surface area contributed by atoms with Crippen LogP contribution in [0, 0.1) is 12.8 Å². The third-order valence-electron chi connectivity index (χ3n) is 3.71. The second-order valence-corrected chi connectivity index (χ2v) is 7.26. The standard InChI is InChI=1S/C21H25N3O3S/c1-13(2)12-27-18-7-5-6-16(10-18)20(26)24-21(28)23-17-9-8-14(3)19(11-17)22-15(4)25/h5-11,13H,12H2,1-4H3,(H,22,25)(H2,23,24,26,28). The van der Waals surface area contributed by atoms with Crippen molar-refractivity contribution in [2.75, 3.05) is 17.2 Å². The quantitative estimate of drug-likeness (QED) is 0.637. The Bertz CT molecular complexity index is 881. The predicted octanol–water partition coefficient (Wildman–Crippen LogP) is 4.12. The van der Waals surface area contributed by atoms with E-state index in [-0.39, 0.29) is 16.9 Å². The topological polar surface area (TPSA) is 79.5 Å². The summed E-state index contributed by atoms with van der Waals surface area (Å²) in [7, 11) is 0. The Balaban J connectivity index is 2.00. The first-order valence-corrected chi connectivity index (χ1v) is 9.39. The average molecular weight is 400 g/mol. The lowest BCUT2D eigenvalue weighted by Crippen LogP contribution is -2.34. The number of nitrogens with one attached hydrogen (secondary N) is 3. The van der Waals surface area contributed by atoms with Crippen molar-refractivity contribution in [2.24, 2.45) is 5.92 Å². The predicted molar refractivity (Wildman–Crippen MR) is 116 cm³/mol. The molecule has 2 amide bonds. The van der Waals surface area contributed by atoms with Gasteiger partial charge in [0.05, 0.1) is 6.61 Å². The molecule has 148 valence electrons. The van der Waals surface area contributed by atoms with Crippen LogP contribution in [0.25, 0.3) is 0 Å².